The van der Waals surface area contributed by atoms with Gasteiger partial charge in [-0.3, -0.25) is 4.79 Å². The SMILES string of the molecule is Nc1cccn(Cc2c(F)cccc2Cl)c1=O. The van der Waals surface area contributed by atoms with Gasteiger partial charge in [-0.05, 0) is 24.3 Å². The number of hydrogen-bond donors (Lipinski definition) is 1. The van der Waals surface area contributed by atoms with Crippen LogP contribution in [0.1, 0.15) is 5.56 Å². The summed E-state index contributed by atoms with van der Waals surface area (Å²) < 4.78 is 14.9. The number of nitrogens with zero attached hydrogens (tertiary/aromatic N) is 1. The average Bonchev–Trinajstić information content (AvgIpc) is 2.29. The lowest BCUT2D eigenvalue weighted by atomic mass is 10.2. The van der Waals surface area contributed by atoms with Gasteiger partial charge in [-0.25, -0.2) is 4.39 Å². The van der Waals surface area contributed by atoms with Gasteiger partial charge in [-0.2, -0.15) is 0 Å². The predicted molar refractivity (Wildman–Crippen MR) is 65.6 cm³/mol. The van der Waals surface area contributed by atoms with Crippen molar-refractivity contribution in [2.45, 2.75) is 6.54 Å². The molecule has 2 aromatic rings. The van der Waals surface area contributed by atoms with E-state index in [0.29, 0.717) is 5.02 Å². The molecule has 0 saturated carbocycles. The number of pyridine rings is 1. The van der Waals surface area contributed by atoms with Gasteiger partial charge in [0.15, 0.2) is 0 Å². The largest absolute Gasteiger partial charge is 0.394 e. The Labute approximate surface area is 102 Å². The molecular formula is C12H10ClFN2O. The van der Waals surface area contributed by atoms with E-state index in [0.717, 1.165) is 0 Å². The summed E-state index contributed by atoms with van der Waals surface area (Å²) in [7, 11) is 0. The Morgan fingerprint density at radius 2 is 2.06 bits per heavy atom. The van der Waals surface area contributed by atoms with Crippen molar-refractivity contribution >= 4 is 17.3 Å². The molecule has 0 radical (unpaired) electrons. The number of aromatic nitrogens is 1. The van der Waals surface area contributed by atoms with Crippen LogP contribution in [0.25, 0.3) is 0 Å². The molecule has 2 N–H and O–H groups in total. The van der Waals surface area contributed by atoms with Gasteiger partial charge in [0.05, 0.1) is 12.2 Å². The first kappa shape index (κ1) is 11.7. The van der Waals surface area contributed by atoms with Gasteiger partial charge in [-0.1, -0.05) is 17.7 Å². The monoisotopic (exact) mass is 252 g/mol. The van der Waals surface area contributed by atoms with E-state index in [4.69, 9.17) is 17.3 Å². The molecule has 3 nitrogen and oxygen atoms in total. The molecular weight excluding hydrogens is 243 g/mol. The van der Waals surface area contributed by atoms with Crippen LogP contribution in [0.15, 0.2) is 41.3 Å². The first-order chi connectivity index (χ1) is 8.09. The molecule has 1 aromatic heterocycles. The lowest BCUT2D eigenvalue weighted by Crippen LogP contribution is -2.22. The van der Waals surface area contributed by atoms with E-state index in [1.807, 2.05) is 0 Å². The third kappa shape index (κ3) is 2.31. The first-order valence-corrected chi connectivity index (χ1v) is 5.35. The Morgan fingerprint density at radius 3 is 2.76 bits per heavy atom. The van der Waals surface area contributed by atoms with Gasteiger partial charge in [0, 0.05) is 16.8 Å². The normalized spacial score (nSPS) is 10.5. The lowest BCUT2D eigenvalue weighted by Gasteiger charge is -2.08. The summed E-state index contributed by atoms with van der Waals surface area (Å²) >= 11 is 5.88. The Morgan fingerprint density at radius 1 is 1.29 bits per heavy atom. The standard InChI is InChI=1S/C12H10ClFN2O/c13-9-3-1-4-10(14)8(9)7-16-6-2-5-11(15)12(16)17/h1-6H,7,15H2. The number of nitrogen functional groups attached to an aromatic ring is 1. The summed E-state index contributed by atoms with van der Waals surface area (Å²) in [5.74, 6) is -0.438. The molecule has 88 valence electrons. The fraction of sp³-hybridized carbons (Fsp3) is 0.0833. The van der Waals surface area contributed by atoms with E-state index in [1.54, 1.807) is 18.3 Å². The van der Waals surface area contributed by atoms with Crippen LogP contribution in [0.4, 0.5) is 10.1 Å². The molecule has 5 heteroatoms. The van der Waals surface area contributed by atoms with Gasteiger partial charge in [0.2, 0.25) is 0 Å². The number of rotatable bonds is 2. The number of hydrogen-bond acceptors (Lipinski definition) is 2. The highest BCUT2D eigenvalue weighted by atomic mass is 35.5. The maximum absolute atomic E-state index is 13.5. The maximum atomic E-state index is 13.5. The van der Waals surface area contributed by atoms with Crippen LogP contribution in [0.2, 0.25) is 5.02 Å². The molecule has 2 rings (SSSR count). The first-order valence-electron chi connectivity index (χ1n) is 4.97. The van der Waals surface area contributed by atoms with Crippen LogP contribution in [0.5, 0.6) is 0 Å². The zero-order valence-electron chi connectivity index (χ0n) is 8.86. The minimum absolute atomic E-state index is 0.0649. The Balaban J connectivity index is 2.45. The second-order valence-electron chi connectivity index (χ2n) is 3.60. The quantitative estimate of drug-likeness (QED) is 0.891. The Hall–Kier alpha value is -1.81. The second kappa shape index (κ2) is 4.59. The number of nitrogens with two attached hydrogens (primary N) is 1. The molecule has 0 amide bonds. The third-order valence-electron chi connectivity index (χ3n) is 2.44. The zero-order chi connectivity index (χ0) is 12.4. The van der Waals surface area contributed by atoms with Crippen molar-refractivity contribution in [1.82, 2.24) is 4.57 Å². The minimum Gasteiger partial charge on any atom is -0.394 e. The van der Waals surface area contributed by atoms with Gasteiger partial charge < -0.3 is 10.3 Å². The molecule has 1 heterocycles. The van der Waals surface area contributed by atoms with Crippen molar-refractivity contribution in [3.8, 4) is 0 Å². The Kier molecular flexibility index (Phi) is 3.15. The summed E-state index contributed by atoms with van der Waals surface area (Å²) in [5, 5.41) is 0.291. The van der Waals surface area contributed by atoms with Crippen LogP contribution in [-0.4, -0.2) is 4.57 Å². The fourth-order valence-electron chi connectivity index (χ4n) is 1.53. The van der Waals surface area contributed by atoms with E-state index < -0.39 is 5.82 Å². The van der Waals surface area contributed by atoms with E-state index in [1.165, 1.54) is 22.8 Å². The second-order valence-corrected chi connectivity index (χ2v) is 4.00. The molecule has 17 heavy (non-hydrogen) atoms. The van der Waals surface area contributed by atoms with Crippen LogP contribution in [0, 0.1) is 5.82 Å². The molecule has 0 atom stereocenters. The highest BCUT2D eigenvalue weighted by molar-refractivity contribution is 6.31. The molecule has 0 bridgehead atoms. The highest BCUT2D eigenvalue weighted by Crippen LogP contribution is 2.19. The van der Waals surface area contributed by atoms with Crippen molar-refractivity contribution in [2.24, 2.45) is 0 Å². The summed E-state index contributed by atoms with van der Waals surface area (Å²) in [6, 6.07) is 7.53. The molecule has 0 saturated heterocycles. The smallest absolute Gasteiger partial charge is 0.273 e. The summed E-state index contributed by atoms with van der Waals surface area (Å²) in [5.41, 5.74) is 5.54. The molecule has 0 aliphatic heterocycles. The van der Waals surface area contributed by atoms with E-state index in [-0.39, 0.29) is 23.4 Å². The molecule has 0 unspecified atom stereocenters. The predicted octanol–water partition coefficient (Wildman–Crippen LogP) is 2.27. The minimum atomic E-state index is -0.438. The van der Waals surface area contributed by atoms with E-state index >= 15 is 0 Å². The number of halogens is 2. The third-order valence-corrected chi connectivity index (χ3v) is 2.79. The highest BCUT2D eigenvalue weighted by Gasteiger charge is 2.08. The molecule has 1 aromatic carbocycles. The summed E-state index contributed by atoms with van der Waals surface area (Å²) in [4.78, 5) is 11.7. The van der Waals surface area contributed by atoms with Gasteiger partial charge in [-0.15, -0.1) is 0 Å². The van der Waals surface area contributed by atoms with Crippen LogP contribution in [-0.2, 0) is 6.54 Å². The van der Waals surface area contributed by atoms with Crippen molar-refractivity contribution in [2.75, 3.05) is 5.73 Å². The van der Waals surface area contributed by atoms with Crippen molar-refractivity contribution in [3.05, 3.63) is 63.3 Å². The lowest BCUT2D eigenvalue weighted by molar-refractivity contribution is 0.596. The summed E-state index contributed by atoms with van der Waals surface area (Å²) in [6.45, 7) is 0.0649. The zero-order valence-corrected chi connectivity index (χ0v) is 9.62. The van der Waals surface area contributed by atoms with Crippen LogP contribution >= 0.6 is 11.6 Å². The van der Waals surface area contributed by atoms with E-state index in [9.17, 15) is 9.18 Å². The van der Waals surface area contributed by atoms with Crippen LogP contribution < -0.4 is 11.3 Å². The van der Waals surface area contributed by atoms with Gasteiger partial charge in [0.1, 0.15) is 5.82 Å². The maximum Gasteiger partial charge on any atom is 0.273 e. The molecule has 0 aliphatic carbocycles. The molecule has 0 aliphatic rings. The Bertz CT molecular complexity index is 589. The molecule has 0 fully saturated rings. The number of benzene rings is 1. The van der Waals surface area contributed by atoms with Crippen molar-refractivity contribution in [1.29, 1.82) is 0 Å². The summed E-state index contributed by atoms with van der Waals surface area (Å²) in [6.07, 6.45) is 1.54. The fourth-order valence-corrected chi connectivity index (χ4v) is 1.76. The van der Waals surface area contributed by atoms with Crippen molar-refractivity contribution < 1.29 is 4.39 Å². The van der Waals surface area contributed by atoms with Crippen LogP contribution in [0.3, 0.4) is 0 Å². The van der Waals surface area contributed by atoms with Gasteiger partial charge >= 0.3 is 0 Å². The topological polar surface area (TPSA) is 48.0 Å². The van der Waals surface area contributed by atoms with Gasteiger partial charge in [0.25, 0.3) is 5.56 Å². The van der Waals surface area contributed by atoms with E-state index in [2.05, 4.69) is 0 Å². The molecule has 0 spiro atoms. The average molecular weight is 253 g/mol. The van der Waals surface area contributed by atoms with Crippen molar-refractivity contribution in [3.63, 3.8) is 0 Å². The number of anilines is 1.